The summed E-state index contributed by atoms with van der Waals surface area (Å²) in [6.45, 7) is 4.93. The van der Waals surface area contributed by atoms with Crippen LogP contribution in [-0.2, 0) is 0 Å². The maximum atomic E-state index is 14.1. The molecule has 0 saturated carbocycles. The third-order valence-electron chi connectivity index (χ3n) is 5.53. The van der Waals surface area contributed by atoms with Gasteiger partial charge in [-0.05, 0) is 37.3 Å². The zero-order valence-corrected chi connectivity index (χ0v) is 17.3. The molecule has 31 heavy (non-hydrogen) atoms. The Morgan fingerprint density at radius 2 is 1.84 bits per heavy atom. The summed E-state index contributed by atoms with van der Waals surface area (Å²) in [4.78, 5) is 24.8. The molecule has 1 aliphatic rings. The number of anilines is 1. The largest absolute Gasteiger partial charge is 0.352 e. The van der Waals surface area contributed by atoms with E-state index in [2.05, 4.69) is 32.4 Å². The number of hydrogen-bond donors (Lipinski definition) is 1. The molecule has 162 valence electrons. The maximum Gasteiger partial charge on any atom is 0.256 e. The number of rotatable bonds is 5. The molecule has 2 atom stereocenters. The van der Waals surface area contributed by atoms with Gasteiger partial charge in [0.2, 0.25) is 5.95 Å². The van der Waals surface area contributed by atoms with Crippen LogP contribution in [0.15, 0.2) is 36.9 Å². The minimum Gasteiger partial charge on any atom is -0.352 e. The molecular formula is C21H23F2N7O. The zero-order valence-electron chi connectivity index (χ0n) is 17.3. The van der Waals surface area contributed by atoms with Crippen LogP contribution in [0.3, 0.4) is 0 Å². The van der Waals surface area contributed by atoms with Crippen LogP contribution in [0.2, 0.25) is 0 Å². The third kappa shape index (κ3) is 4.37. The Labute approximate surface area is 178 Å². The summed E-state index contributed by atoms with van der Waals surface area (Å²) in [5.41, 5.74) is 1.06. The highest BCUT2D eigenvalue weighted by Crippen LogP contribution is 2.27. The second-order valence-electron chi connectivity index (χ2n) is 7.75. The van der Waals surface area contributed by atoms with Crippen molar-refractivity contribution in [1.29, 1.82) is 0 Å². The van der Waals surface area contributed by atoms with Crippen molar-refractivity contribution in [3.8, 4) is 5.69 Å². The van der Waals surface area contributed by atoms with E-state index in [1.807, 2.05) is 6.92 Å². The van der Waals surface area contributed by atoms with Crippen molar-refractivity contribution in [3.63, 3.8) is 0 Å². The van der Waals surface area contributed by atoms with Crippen molar-refractivity contribution in [2.45, 2.75) is 32.7 Å². The first-order valence-corrected chi connectivity index (χ1v) is 10.1. The second-order valence-corrected chi connectivity index (χ2v) is 7.75. The molecule has 1 aromatic carbocycles. The Kier molecular flexibility index (Phi) is 5.88. The number of halogens is 2. The summed E-state index contributed by atoms with van der Waals surface area (Å²) < 4.78 is 28.0. The lowest BCUT2D eigenvalue weighted by molar-refractivity contribution is 0.0539. The molecule has 1 aliphatic heterocycles. The van der Waals surface area contributed by atoms with E-state index in [1.54, 1.807) is 17.3 Å². The number of aromatic nitrogens is 5. The molecule has 4 rings (SSSR count). The summed E-state index contributed by atoms with van der Waals surface area (Å²) in [5.74, 6) is -1.87. The van der Waals surface area contributed by atoms with Crippen LogP contribution >= 0.6 is 0 Å². The second kappa shape index (κ2) is 8.75. The van der Waals surface area contributed by atoms with Crippen LogP contribution < -0.4 is 5.32 Å². The minimum absolute atomic E-state index is 0.0146. The molecule has 10 heteroatoms. The number of likely N-dealkylation sites (tertiary alicyclic amines) is 1. The van der Waals surface area contributed by atoms with Crippen molar-refractivity contribution >= 4 is 11.9 Å². The van der Waals surface area contributed by atoms with Crippen molar-refractivity contribution in [1.82, 2.24) is 29.9 Å². The number of carbonyl (C=O) groups is 1. The van der Waals surface area contributed by atoms with Gasteiger partial charge in [-0.25, -0.2) is 18.7 Å². The molecule has 3 heterocycles. The van der Waals surface area contributed by atoms with Crippen LogP contribution in [-0.4, -0.2) is 54.9 Å². The van der Waals surface area contributed by atoms with Gasteiger partial charge in [0.05, 0.1) is 24.0 Å². The summed E-state index contributed by atoms with van der Waals surface area (Å²) in [6.07, 6.45) is 8.03. The molecule has 1 amide bonds. The van der Waals surface area contributed by atoms with Crippen LogP contribution in [0.1, 0.15) is 35.7 Å². The number of nitrogens with one attached hydrogen (secondary N) is 1. The Morgan fingerprint density at radius 1 is 1.16 bits per heavy atom. The molecule has 1 fully saturated rings. The van der Waals surface area contributed by atoms with E-state index in [4.69, 9.17) is 0 Å². The van der Waals surface area contributed by atoms with Gasteiger partial charge in [0.15, 0.2) is 11.6 Å². The lowest BCUT2D eigenvalue weighted by atomic mass is 9.90. The van der Waals surface area contributed by atoms with E-state index < -0.39 is 17.5 Å². The zero-order chi connectivity index (χ0) is 22.0. The molecular weight excluding hydrogens is 404 g/mol. The van der Waals surface area contributed by atoms with Crippen LogP contribution in [0.4, 0.5) is 14.7 Å². The van der Waals surface area contributed by atoms with Crippen molar-refractivity contribution in [3.05, 3.63) is 59.7 Å². The molecule has 8 nitrogen and oxygen atoms in total. The Morgan fingerprint density at radius 3 is 2.55 bits per heavy atom. The molecule has 0 spiro atoms. The highest BCUT2D eigenvalue weighted by molar-refractivity contribution is 5.98. The molecule has 1 N–H and O–H groups in total. The van der Waals surface area contributed by atoms with E-state index in [9.17, 15) is 13.6 Å². The van der Waals surface area contributed by atoms with Gasteiger partial charge in [-0.2, -0.15) is 15.0 Å². The molecule has 0 bridgehead atoms. The molecule has 0 unspecified atom stereocenters. The number of nitrogens with zero attached hydrogens (tertiary/aromatic N) is 6. The third-order valence-corrected chi connectivity index (χ3v) is 5.53. The van der Waals surface area contributed by atoms with E-state index >= 15 is 0 Å². The highest BCUT2D eigenvalue weighted by Gasteiger charge is 2.34. The number of aryl methyl sites for hydroxylation is 1. The Balaban J connectivity index is 1.62. The van der Waals surface area contributed by atoms with Crippen LogP contribution in [0.25, 0.3) is 5.69 Å². The fourth-order valence-corrected chi connectivity index (χ4v) is 3.86. The van der Waals surface area contributed by atoms with Crippen molar-refractivity contribution in [2.24, 2.45) is 5.92 Å². The van der Waals surface area contributed by atoms with E-state index in [0.717, 1.165) is 35.3 Å². The number of benzene rings is 1. The summed E-state index contributed by atoms with van der Waals surface area (Å²) in [5, 5.41) is 11.1. The molecule has 2 aromatic heterocycles. The lowest BCUT2D eigenvalue weighted by Crippen LogP contribution is -2.51. The summed E-state index contributed by atoms with van der Waals surface area (Å²) in [7, 11) is 0. The van der Waals surface area contributed by atoms with Crippen LogP contribution in [0.5, 0.6) is 0 Å². The smallest absolute Gasteiger partial charge is 0.256 e. The summed E-state index contributed by atoms with van der Waals surface area (Å²) >= 11 is 0. The topological polar surface area (TPSA) is 88.8 Å². The molecule has 1 saturated heterocycles. The molecule has 3 aromatic rings. The number of carbonyl (C=O) groups excluding carboxylic acids is 1. The van der Waals surface area contributed by atoms with Gasteiger partial charge < -0.3 is 10.2 Å². The number of hydrogen-bond acceptors (Lipinski definition) is 6. The van der Waals surface area contributed by atoms with Gasteiger partial charge in [-0.3, -0.25) is 4.79 Å². The fraction of sp³-hybridized carbons (Fsp3) is 0.381. The minimum atomic E-state index is -1.09. The predicted molar refractivity (Wildman–Crippen MR) is 110 cm³/mol. The number of amides is 1. The van der Waals surface area contributed by atoms with Gasteiger partial charge in [0.1, 0.15) is 5.69 Å². The van der Waals surface area contributed by atoms with Gasteiger partial charge in [0, 0.05) is 31.5 Å². The fourth-order valence-electron chi connectivity index (χ4n) is 3.86. The molecule has 0 radical (unpaired) electrons. The Bertz CT molecular complexity index is 1060. The van der Waals surface area contributed by atoms with Gasteiger partial charge in [-0.15, -0.1) is 0 Å². The molecule has 0 aliphatic carbocycles. The monoisotopic (exact) mass is 427 g/mol. The SMILES string of the molecule is Cc1cnc(NC[C@@H]2[C@H](C)CCCN2C(=O)c2cc(F)c(F)cc2-n2nccn2)nc1. The van der Waals surface area contributed by atoms with E-state index in [0.29, 0.717) is 19.0 Å². The highest BCUT2D eigenvalue weighted by atomic mass is 19.2. The van der Waals surface area contributed by atoms with E-state index in [-0.39, 0.29) is 23.2 Å². The van der Waals surface area contributed by atoms with Gasteiger partial charge >= 0.3 is 0 Å². The van der Waals surface area contributed by atoms with Crippen molar-refractivity contribution in [2.75, 3.05) is 18.4 Å². The number of piperidine rings is 1. The quantitative estimate of drug-likeness (QED) is 0.674. The average molecular weight is 427 g/mol. The normalized spacial score (nSPS) is 18.8. The van der Waals surface area contributed by atoms with Gasteiger partial charge in [-0.1, -0.05) is 6.92 Å². The Hall–Kier alpha value is -3.43. The first-order valence-electron chi connectivity index (χ1n) is 10.1. The lowest BCUT2D eigenvalue weighted by Gasteiger charge is -2.40. The van der Waals surface area contributed by atoms with Crippen molar-refractivity contribution < 1.29 is 13.6 Å². The predicted octanol–water partition coefficient (Wildman–Crippen LogP) is 3.00. The first kappa shape index (κ1) is 20.8. The van der Waals surface area contributed by atoms with Gasteiger partial charge in [0.25, 0.3) is 5.91 Å². The standard InChI is InChI=1S/C21H23F2N7O/c1-13-10-24-21(25-11-13)26-12-19-14(2)4-3-7-29(19)20(31)15-8-16(22)17(23)9-18(15)30-27-5-6-28-30/h5-6,8-11,14,19H,3-4,7,12H2,1-2H3,(H,24,25,26)/t14-,19-/m1/s1. The summed E-state index contributed by atoms with van der Waals surface area (Å²) in [6, 6.07) is 1.70. The first-order chi connectivity index (χ1) is 14.9. The average Bonchev–Trinajstić information content (AvgIpc) is 3.30. The maximum absolute atomic E-state index is 14.1. The van der Waals surface area contributed by atoms with Crippen LogP contribution in [0, 0.1) is 24.5 Å². The van der Waals surface area contributed by atoms with E-state index in [1.165, 1.54) is 12.4 Å².